The minimum absolute atomic E-state index is 0.0733. The molecule has 0 aromatic rings. The van der Waals surface area contributed by atoms with Crippen LogP contribution in [0.25, 0.3) is 0 Å². The van der Waals surface area contributed by atoms with Gasteiger partial charge in [-0.05, 0) is 38.6 Å². The molecule has 16 heavy (non-hydrogen) atoms. The maximum atomic E-state index is 11.4. The van der Waals surface area contributed by atoms with Crippen molar-refractivity contribution >= 4 is 5.91 Å². The van der Waals surface area contributed by atoms with Crippen molar-refractivity contribution < 1.29 is 9.90 Å². The van der Waals surface area contributed by atoms with Crippen molar-refractivity contribution in [2.45, 2.75) is 44.2 Å². The number of aliphatic hydroxyl groups is 1. The molecule has 92 valence electrons. The molecule has 2 N–H and O–H groups in total. The van der Waals surface area contributed by atoms with Crippen molar-refractivity contribution in [3.8, 4) is 0 Å². The first-order chi connectivity index (χ1) is 7.65. The van der Waals surface area contributed by atoms with Gasteiger partial charge in [-0.25, -0.2) is 0 Å². The Kier molecular flexibility index (Phi) is 3.82. The number of nitrogens with zero attached hydrogens (tertiary/aromatic N) is 1. The number of hydrogen-bond acceptors (Lipinski definition) is 3. The molecule has 0 spiro atoms. The number of nitrogens with one attached hydrogen (secondary N) is 1. The molecule has 4 nitrogen and oxygen atoms in total. The van der Waals surface area contributed by atoms with E-state index in [4.69, 9.17) is 0 Å². The van der Waals surface area contributed by atoms with Gasteiger partial charge in [-0.3, -0.25) is 4.79 Å². The molecule has 0 aromatic heterocycles. The topological polar surface area (TPSA) is 52.6 Å². The van der Waals surface area contributed by atoms with Crippen LogP contribution >= 0.6 is 0 Å². The molecular formula is C12H22N2O2. The van der Waals surface area contributed by atoms with Crippen LogP contribution in [0.2, 0.25) is 0 Å². The van der Waals surface area contributed by atoms with Crippen LogP contribution in [0.15, 0.2) is 0 Å². The van der Waals surface area contributed by atoms with E-state index in [0.29, 0.717) is 18.4 Å². The molecule has 1 amide bonds. The maximum Gasteiger partial charge on any atom is 0.221 e. The van der Waals surface area contributed by atoms with Gasteiger partial charge >= 0.3 is 0 Å². The van der Waals surface area contributed by atoms with Crippen LogP contribution in [-0.4, -0.2) is 48.2 Å². The molecule has 1 saturated heterocycles. The predicted molar refractivity (Wildman–Crippen MR) is 62.0 cm³/mol. The maximum absolute atomic E-state index is 11.4. The first-order valence-electron chi connectivity index (χ1n) is 6.30. The molecule has 0 radical (unpaired) electrons. The second-order valence-corrected chi connectivity index (χ2v) is 5.28. The van der Waals surface area contributed by atoms with Crippen LogP contribution in [0.4, 0.5) is 0 Å². The van der Waals surface area contributed by atoms with E-state index in [0.717, 1.165) is 38.8 Å². The smallest absolute Gasteiger partial charge is 0.221 e. The van der Waals surface area contributed by atoms with Gasteiger partial charge in [0.15, 0.2) is 0 Å². The number of hydrogen-bond donors (Lipinski definition) is 2. The van der Waals surface area contributed by atoms with E-state index in [-0.39, 0.29) is 12.0 Å². The van der Waals surface area contributed by atoms with Crippen LogP contribution < -0.4 is 5.32 Å². The quantitative estimate of drug-likeness (QED) is 0.730. The monoisotopic (exact) mass is 226 g/mol. The van der Waals surface area contributed by atoms with E-state index < -0.39 is 0 Å². The highest BCUT2D eigenvalue weighted by molar-refractivity contribution is 5.76. The Morgan fingerprint density at radius 1 is 1.50 bits per heavy atom. The molecule has 2 rings (SSSR count). The highest BCUT2D eigenvalue weighted by Crippen LogP contribution is 2.28. The minimum Gasteiger partial charge on any atom is -0.393 e. The first-order valence-corrected chi connectivity index (χ1v) is 6.30. The van der Waals surface area contributed by atoms with E-state index >= 15 is 0 Å². The zero-order valence-corrected chi connectivity index (χ0v) is 9.98. The lowest BCUT2D eigenvalue weighted by molar-refractivity contribution is -0.121. The summed E-state index contributed by atoms with van der Waals surface area (Å²) in [4.78, 5) is 13.7. The Morgan fingerprint density at radius 2 is 2.25 bits per heavy atom. The highest BCUT2D eigenvalue weighted by Gasteiger charge is 2.30. The van der Waals surface area contributed by atoms with Gasteiger partial charge in [0, 0.05) is 25.6 Å². The summed E-state index contributed by atoms with van der Waals surface area (Å²) in [6.45, 7) is 1.85. The molecular weight excluding hydrogens is 204 g/mol. The number of carbonyl (C=O) groups is 1. The van der Waals surface area contributed by atoms with E-state index in [1.165, 1.54) is 0 Å². The van der Waals surface area contributed by atoms with Crippen molar-refractivity contribution in [3.05, 3.63) is 0 Å². The molecule has 1 atom stereocenters. The minimum atomic E-state index is -0.0733. The second kappa shape index (κ2) is 5.15. The van der Waals surface area contributed by atoms with Crippen molar-refractivity contribution in [3.63, 3.8) is 0 Å². The first kappa shape index (κ1) is 11.9. The van der Waals surface area contributed by atoms with Gasteiger partial charge in [0.1, 0.15) is 0 Å². The van der Waals surface area contributed by atoms with E-state index in [1.54, 1.807) is 0 Å². The molecule has 1 saturated carbocycles. The number of aliphatic hydroxyl groups excluding tert-OH is 1. The Labute approximate surface area is 97.0 Å². The summed E-state index contributed by atoms with van der Waals surface area (Å²) >= 11 is 0. The van der Waals surface area contributed by atoms with Gasteiger partial charge in [0.25, 0.3) is 0 Å². The molecule has 1 aliphatic heterocycles. The Morgan fingerprint density at radius 3 is 2.94 bits per heavy atom. The second-order valence-electron chi connectivity index (χ2n) is 5.28. The van der Waals surface area contributed by atoms with Gasteiger partial charge in [0.05, 0.1) is 6.10 Å². The van der Waals surface area contributed by atoms with Crippen LogP contribution in [0.5, 0.6) is 0 Å². The summed E-state index contributed by atoms with van der Waals surface area (Å²) in [6.07, 6.45) is 4.60. The fraction of sp³-hybridized carbons (Fsp3) is 0.917. The largest absolute Gasteiger partial charge is 0.393 e. The molecule has 1 unspecified atom stereocenters. The summed E-state index contributed by atoms with van der Waals surface area (Å²) in [5.74, 6) is 0.814. The molecule has 0 bridgehead atoms. The zero-order valence-electron chi connectivity index (χ0n) is 9.98. The average molecular weight is 226 g/mol. The van der Waals surface area contributed by atoms with Gasteiger partial charge < -0.3 is 15.3 Å². The lowest BCUT2D eigenvalue weighted by atomic mass is 9.82. The van der Waals surface area contributed by atoms with E-state index in [9.17, 15) is 9.90 Å². The van der Waals surface area contributed by atoms with Crippen LogP contribution in [0, 0.1) is 5.92 Å². The number of amides is 1. The van der Waals surface area contributed by atoms with Crippen LogP contribution in [0.1, 0.15) is 32.1 Å². The van der Waals surface area contributed by atoms with Crippen LogP contribution in [0.3, 0.4) is 0 Å². The average Bonchev–Trinajstić information content (AvgIpc) is 2.40. The Hall–Kier alpha value is -0.610. The molecule has 2 aliphatic rings. The molecule has 4 heteroatoms. The van der Waals surface area contributed by atoms with Gasteiger partial charge in [0.2, 0.25) is 5.91 Å². The van der Waals surface area contributed by atoms with Crippen molar-refractivity contribution in [2.75, 3.05) is 20.1 Å². The van der Waals surface area contributed by atoms with Crippen molar-refractivity contribution in [2.24, 2.45) is 5.92 Å². The molecule has 1 heterocycles. The SMILES string of the molecule is CN(CC1CC(O)C1)C1CCCNC(=O)C1. The predicted octanol–water partition coefficient (Wildman–Crippen LogP) is 0.358. The fourth-order valence-electron chi connectivity index (χ4n) is 2.74. The number of carbonyl (C=O) groups excluding carboxylic acids is 1. The third-order valence-corrected chi connectivity index (χ3v) is 3.84. The van der Waals surface area contributed by atoms with Crippen LogP contribution in [-0.2, 0) is 4.79 Å². The lowest BCUT2D eigenvalue weighted by Crippen LogP contribution is -2.42. The Balaban J connectivity index is 1.78. The van der Waals surface area contributed by atoms with Crippen molar-refractivity contribution in [1.82, 2.24) is 10.2 Å². The summed E-state index contributed by atoms with van der Waals surface area (Å²) in [6, 6.07) is 0.389. The molecule has 2 fully saturated rings. The van der Waals surface area contributed by atoms with Gasteiger partial charge in [-0.2, -0.15) is 0 Å². The Bertz CT molecular complexity index is 251. The standard InChI is InChI=1S/C12H22N2O2/c1-14(8-9-5-11(15)6-9)10-3-2-4-13-12(16)7-10/h9-11,15H,2-8H2,1H3,(H,13,16). The lowest BCUT2D eigenvalue weighted by Gasteiger charge is -2.37. The summed E-state index contributed by atoms with van der Waals surface area (Å²) < 4.78 is 0. The zero-order chi connectivity index (χ0) is 11.5. The van der Waals surface area contributed by atoms with E-state index in [1.807, 2.05) is 0 Å². The normalized spacial score (nSPS) is 35.4. The summed E-state index contributed by atoms with van der Waals surface area (Å²) in [5, 5.41) is 12.2. The summed E-state index contributed by atoms with van der Waals surface area (Å²) in [5.41, 5.74) is 0. The van der Waals surface area contributed by atoms with Crippen molar-refractivity contribution in [1.29, 1.82) is 0 Å². The van der Waals surface area contributed by atoms with E-state index in [2.05, 4.69) is 17.3 Å². The molecule has 1 aliphatic carbocycles. The fourth-order valence-corrected chi connectivity index (χ4v) is 2.74. The third-order valence-electron chi connectivity index (χ3n) is 3.84. The van der Waals surface area contributed by atoms with Gasteiger partial charge in [-0.1, -0.05) is 0 Å². The van der Waals surface area contributed by atoms with Gasteiger partial charge in [-0.15, -0.1) is 0 Å². The third kappa shape index (κ3) is 2.95. The number of rotatable bonds is 3. The molecule has 0 aromatic carbocycles. The highest BCUT2D eigenvalue weighted by atomic mass is 16.3. The summed E-state index contributed by atoms with van der Waals surface area (Å²) in [7, 11) is 2.11.